The molecule has 2 rings (SSSR count). The maximum atomic E-state index is 12.7. The molecule has 24 heavy (non-hydrogen) atoms. The number of carbonyl (C=O) groups is 1. The van der Waals surface area contributed by atoms with E-state index >= 15 is 0 Å². The fraction of sp³-hybridized carbons (Fsp3) is 0.312. The zero-order valence-corrected chi connectivity index (χ0v) is 13.2. The first-order valence-electron chi connectivity index (χ1n) is 7.24. The summed E-state index contributed by atoms with van der Waals surface area (Å²) in [6, 6.07) is 4.67. The van der Waals surface area contributed by atoms with Gasteiger partial charge in [0.05, 0.1) is 12.1 Å². The van der Waals surface area contributed by atoms with Gasteiger partial charge in [0.25, 0.3) is 0 Å². The van der Waals surface area contributed by atoms with E-state index in [1.165, 1.54) is 30.9 Å². The number of allylic oxidation sites excluding steroid dienone is 1. The van der Waals surface area contributed by atoms with Gasteiger partial charge in [0.2, 0.25) is 5.91 Å². The van der Waals surface area contributed by atoms with Gasteiger partial charge in [0.1, 0.15) is 12.7 Å². The number of aromatic nitrogens is 3. The zero-order valence-electron chi connectivity index (χ0n) is 13.2. The van der Waals surface area contributed by atoms with Crippen LogP contribution in [-0.2, 0) is 17.5 Å². The monoisotopic (exact) mass is 338 g/mol. The van der Waals surface area contributed by atoms with Crippen LogP contribution in [0.25, 0.3) is 5.57 Å². The number of benzene rings is 1. The van der Waals surface area contributed by atoms with Gasteiger partial charge in [-0.25, -0.2) is 4.98 Å². The van der Waals surface area contributed by atoms with Crippen molar-refractivity contribution in [2.45, 2.75) is 32.6 Å². The third-order valence-corrected chi connectivity index (χ3v) is 3.31. The van der Waals surface area contributed by atoms with Crippen molar-refractivity contribution in [2.24, 2.45) is 0 Å². The first-order chi connectivity index (χ1) is 11.3. The summed E-state index contributed by atoms with van der Waals surface area (Å²) in [7, 11) is 0. The molecule has 1 aromatic carbocycles. The number of halogens is 3. The van der Waals surface area contributed by atoms with Crippen LogP contribution in [0.1, 0.15) is 25.0 Å². The molecule has 1 unspecified atom stereocenters. The Kier molecular flexibility index (Phi) is 5.38. The maximum Gasteiger partial charge on any atom is 0.416 e. The maximum absolute atomic E-state index is 12.7. The lowest BCUT2D eigenvalue weighted by molar-refractivity contribution is -0.137. The van der Waals surface area contributed by atoms with Crippen molar-refractivity contribution in [1.82, 2.24) is 20.1 Å². The highest BCUT2D eigenvalue weighted by molar-refractivity contribution is 5.95. The van der Waals surface area contributed by atoms with Crippen LogP contribution in [0.5, 0.6) is 0 Å². The Bertz CT molecular complexity index is 723. The molecule has 0 aliphatic heterocycles. The molecule has 1 amide bonds. The number of alkyl halides is 3. The lowest BCUT2D eigenvalue weighted by Gasteiger charge is -2.13. The van der Waals surface area contributed by atoms with Gasteiger partial charge in [0.15, 0.2) is 0 Å². The third kappa shape index (κ3) is 4.94. The normalized spacial score (nSPS) is 13.6. The number of nitrogens with zero attached hydrogens (tertiary/aromatic N) is 3. The van der Waals surface area contributed by atoms with E-state index in [4.69, 9.17) is 0 Å². The molecule has 1 heterocycles. The predicted molar refractivity (Wildman–Crippen MR) is 82.7 cm³/mol. The fourth-order valence-electron chi connectivity index (χ4n) is 2.16. The molecule has 5 nitrogen and oxygen atoms in total. The van der Waals surface area contributed by atoms with Gasteiger partial charge in [-0.2, -0.15) is 18.3 Å². The molecule has 1 atom stereocenters. The number of hydrogen-bond donors (Lipinski definition) is 1. The molecule has 0 spiro atoms. The van der Waals surface area contributed by atoms with Gasteiger partial charge in [-0.1, -0.05) is 12.1 Å². The van der Waals surface area contributed by atoms with Gasteiger partial charge in [-0.3, -0.25) is 9.48 Å². The van der Waals surface area contributed by atoms with Crippen molar-refractivity contribution < 1.29 is 18.0 Å². The minimum absolute atomic E-state index is 0.204. The average molecular weight is 338 g/mol. The summed E-state index contributed by atoms with van der Waals surface area (Å²) in [5.41, 5.74) is 0.0585. The summed E-state index contributed by atoms with van der Waals surface area (Å²) < 4.78 is 39.8. The lowest BCUT2D eigenvalue weighted by Crippen LogP contribution is -2.34. The topological polar surface area (TPSA) is 59.8 Å². The van der Waals surface area contributed by atoms with Crippen LogP contribution in [-0.4, -0.2) is 26.7 Å². The minimum Gasteiger partial charge on any atom is -0.348 e. The molecule has 0 bridgehead atoms. The van der Waals surface area contributed by atoms with E-state index in [9.17, 15) is 18.0 Å². The van der Waals surface area contributed by atoms with E-state index in [2.05, 4.69) is 15.4 Å². The van der Waals surface area contributed by atoms with Gasteiger partial charge >= 0.3 is 6.18 Å². The van der Waals surface area contributed by atoms with Crippen LogP contribution < -0.4 is 5.32 Å². The van der Waals surface area contributed by atoms with Gasteiger partial charge in [0, 0.05) is 12.1 Å². The Morgan fingerprint density at radius 3 is 2.79 bits per heavy atom. The zero-order chi connectivity index (χ0) is 17.7. The Hall–Kier alpha value is -2.64. The largest absolute Gasteiger partial charge is 0.416 e. The predicted octanol–water partition coefficient (Wildman–Crippen LogP) is 2.91. The van der Waals surface area contributed by atoms with Gasteiger partial charge in [-0.05, 0) is 37.1 Å². The van der Waals surface area contributed by atoms with Crippen molar-refractivity contribution in [3.8, 4) is 0 Å². The van der Waals surface area contributed by atoms with Crippen molar-refractivity contribution in [3.63, 3.8) is 0 Å². The van der Waals surface area contributed by atoms with Crippen LogP contribution in [0.4, 0.5) is 13.2 Å². The molecular formula is C16H17F3N4O. The fourth-order valence-corrected chi connectivity index (χ4v) is 2.16. The summed E-state index contributed by atoms with van der Waals surface area (Å²) in [6.45, 7) is 3.84. The molecule has 1 N–H and O–H groups in total. The second-order valence-corrected chi connectivity index (χ2v) is 5.43. The summed E-state index contributed by atoms with van der Waals surface area (Å²) in [5.74, 6) is -0.377. The van der Waals surface area contributed by atoms with Crippen LogP contribution in [0, 0.1) is 0 Å². The Labute approximate surface area is 137 Å². The smallest absolute Gasteiger partial charge is 0.348 e. The van der Waals surface area contributed by atoms with Crippen LogP contribution in [0.3, 0.4) is 0 Å². The molecule has 128 valence electrons. The number of rotatable bonds is 5. The van der Waals surface area contributed by atoms with Crippen molar-refractivity contribution in [2.75, 3.05) is 0 Å². The third-order valence-electron chi connectivity index (χ3n) is 3.31. The van der Waals surface area contributed by atoms with Crippen LogP contribution in [0.2, 0.25) is 0 Å². The summed E-state index contributed by atoms with van der Waals surface area (Å²) >= 11 is 0. The van der Waals surface area contributed by atoms with Crippen molar-refractivity contribution in [3.05, 3.63) is 54.1 Å². The van der Waals surface area contributed by atoms with E-state index in [0.29, 0.717) is 17.7 Å². The molecule has 2 aromatic rings. The Morgan fingerprint density at radius 1 is 1.42 bits per heavy atom. The minimum atomic E-state index is -4.41. The van der Waals surface area contributed by atoms with E-state index < -0.39 is 11.7 Å². The summed E-state index contributed by atoms with van der Waals surface area (Å²) in [5, 5.41) is 6.67. The number of nitrogens with one attached hydrogen (secondary N) is 1. The number of hydrogen-bond acceptors (Lipinski definition) is 3. The second kappa shape index (κ2) is 7.29. The summed E-state index contributed by atoms with van der Waals surface area (Å²) in [4.78, 5) is 15.8. The molecule has 8 heteroatoms. The molecule has 0 saturated carbocycles. The Balaban J connectivity index is 2.03. The standard InChI is InChI=1S/C16H17F3N4O/c1-11(13-4-3-5-14(7-13)16(17,18)19)6-15(24)22-12(2)8-23-10-20-9-21-23/h3-7,9-10,12H,8H2,1-2H3,(H,22,24)/b11-6-. The lowest BCUT2D eigenvalue weighted by atomic mass is 10.0. The van der Waals surface area contributed by atoms with Crippen LogP contribution >= 0.6 is 0 Å². The van der Waals surface area contributed by atoms with E-state index in [-0.39, 0.29) is 11.9 Å². The first kappa shape index (κ1) is 17.7. The molecule has 0 fully saturated rings. The average Bonchev–Trinajstić information content (AvgIpc) is 2.99. The van der Waals surface area contributed by atoms with E-state index in [0.717, 1.165) is 12.1 Å². The first-order valence-corrected chi connectivity index (χ1v) is 7.24. The molecule has 0 aliphatic carbocycles. The second-order valence-electron chi connectivity index (χ2n) is 5.43. The van der Waals surface area contributed by atoms with Crippen molar-refractivity contribution >= 4 is 11.5 Å². The molecular weight excluding hydrogens is 321 g/mol. The summed E-state index contributed by atoms with van der Waals surface area (Å²) in [6.07, 6.45) is -0.198. The number of amides is 1. The number of carbonyl (C=O) groups excluding carboxylic acids is 1. The van der Waals surface area contributed by atoms with Crippen molar-refractivity contribution in [1.29, 1.82) is 0 Å². The van der Waals surface area contributed by atoms with E-state index in [1.807, 2.05) is 0 Å². The molecule has 1 aromatic heterocycles. The molecule has 0 aliphatic rings. The van der Waals surface area contributed by atoms with Crippen LogP contribution in [0.15, 0.2) is 43.0 Å². The Morgan fingerprint density at radius 2 is 2.17 bits per heavy atom. The van der Waals surface area contributed by atoms with Gasteiger partial charge in [-0.15, -0.1) is 0 Å². The highest BCUT2D eigenvalue weighted by atomic mass is 19.4. The highest BCUT2D eigenvalue weighted by Gasteiger charge is 2.30. The van der Waals surface area contributed by atoms with E-state index in [1.54, 1.807) is 18.5 Å². The quantitative estimate of drug-likeness (QED) is 0.853. The van der Waals surface area contributed by atoms with Gasteiger partial charge < -0.3 is 5.32 Å². The highest BCUT2D eigenvalue weighted by Crippen LogP contribution is 2.30. The molecule has 0 radical (unpaired) electrons. The molecule has 0 saturated heterocycles. The SMILES string of the molecule is C/C(=C/C(=O)NC(C)Cn1cncn1)c1cccc(C(F)(F)F)c1.